The highest BCUT2D eigenvalue weighted by Crippen LogP contribution is 2.13. The lowest BCUT2D eigenvalue weighted by molar-refractivity contribution is 0.0992. The van der Waals surface area contributed by atoms with Crippen LogP contribution in [0, 0.1) is 0 Å². The Morgan fingerprint density at radius 1 is 1.18 bits per heavy atom. The van der Waals surface area contributed by atoms with Gasteiger partial charge in [0.05, 0.1) is 0 Å². The SMILES string of the molecule is O=C(Cc1cccc(Cl)c1)c1ccc(Cl)nc1. The van der Waals surface area contributed by atoms with E-state index in [1.807, 2.05) is 12.1 Å². The van der Waals surface area contributed by atoms with Gasteiger partial charge in [0.15, 0.2) is 5.78 Å². The molecule has 2 rings (SSSR count). The van der Waals surface area contributed by atoms with E-state index in [1.54, 1.807) is 24.3 Å². The van der Waals surface area contributed by atoms with Gasteiger partial charge in [-0.05, 0) is 29.8 Å². The number of rotatable bonds is 3. The fourth-order valence-electron chi connectivity index (χ4n) is 1.48. The Morgan fingerprint density at radius 2 is 2.00 bits per heavy atom. The molecule has 0 saturated carbocycles. The molecule has 0 spiro atoms. The Balaban J connectivity index is 2.14. The molecule has 0 amide bonds. The number of ketones is 1. The maximum absolute atomic E-state index is 11.9. The van der Waals surface area contributed by atoms with Gasteiger partial charge in [-0.3, -0.25) is 4.79 Å². The first-order chi connectivity index (χ1) is 8.15. The molecule has 0 N–H and O–H groups in total. The third-order valence-corrected chi connectivity index (χ3v) is 2.76. The normalized spacial score (nSPS) is 10.2. The molecule has 2 aromatic rings. The predicted molar refractivity (Wildman–Crippen MR) is 68.7 cm³/mol. The van der Waals surface area contributed by atoms with Crippen molar-refractivity contribution in [2.45, 2.75) is 6.42 Å². The van der Waals surface area contributed by atoms with Crippen LogP contribution >= 0.6 is 23.2 Å². The number of nitrogens with zero attached hydrogens (tertiary/aromatic N) is 1. The Kier molecular flexibility index (Phi) is 3.77. The van der Waals surface area contributed by atoms with Crippen LogP contribution in [0.1, 0.15) is 15.9 Å². The van der Waals surface area contributed by atoms with Crippen molar-refractivity contribution in [3.8, 4) is 0 Å². The quantitative estimate of drug-likeness (QED) is 0.624. The van der Waals surface area contributed by atoms with E-state index in [0.717, 1.165) is 5.56 Å². The van der Waals surface area contributed by atoms with E-state index in [1.165, 1.54) is 6.20 Å². The van der Waals surface area contributed by atoms with Gasteiger partial charge in [0.1, 0.15) is 5.15 Å². The molecule has 86 valence electrons. The van der Waals surface area contributed by atoms with Crippen LogP contribution in [0.4, 0.5) is 0 Å². The molecule has 1 aromatic heterocycles. The van der Waals surface area contributed by atoms with Crippen molar-refractivity contribution < 1.29 is 4.79 Å². The van der Waals surface area contributed by atoms with Crippen LogP contribution in [-0.2, 0) is 6.42 Å². The van der Waals surface area contributed by atoms with Crippen LogP contribution in [0.3, 0.4) is 0 Å². The highest BCUT2D eigenvalue weighted by Gasteiger charge is 2.07. The molecule has 0 atom stereocenters. The molecular formula is C13H9Cl2NO. The second-order valence-electron chi connectivity index (χ2n) is 3.60. The molecule has 0 aliphatic rings. The van der Waals surface area contributed by atoms with E-state index < -0.39 is 0 Å². The molecule has 0 bridgehead atoms. The highest BCUT2D eigenvalue weighted by atomic mass is 35.5. The van der Waals surface area contributed by atoms with Crippen LogP contribution < -0.4 is 0 Å². The first-order valence-corrected chi connectivity index (χ1v) is 5.80. The zero-order valence-corrected chi connectivity index (χ0v) is 10.4. The maximum Gasteiger partial charge on any atom is 0.168 e. The van der Waals surface area contributed by atoms with Crippen molar-refractivity contribution >= 4 is 29.0 Å². The molecule has 0 aliphatic heterocycles. The summed E-state index contributed by atoms with van der Waals surface area (Å²) in [6, 6.07) is 10.5. The number of hydrogen-bond donors (Lipinski definition) is 0. The molecule has 0 fully saturated rings. The number of carbonyl (C=O) groups excluding carboxylic acids is 1. The van der Waals surface area contributed by atoms with Gasteiger partial charge in [-0.25, -0.2) is 4.98 Å². The van der Waals surface area contributed by atoms with E-state index in [4.69, 9.17) is 23.2 Å². The fourth-order valence-corrected chi connectivity index (χ4v) is 1.80. The first-order valence-electron chi connectivity index (χ1n) is 5.04. The summed E-state index contributed by atoms with van der Waals surface area (Å²) in [6.45, 7) is 0. The molecular weight excluding hydrogens is 257 g/mol. The van der Waals surface area contributed by atoms with E-state index in [-0.39, 0.29) is 5.78 Å². The van der Waals surface area contributed by atoms with Crippen molar-refractivity contribution in [1.82, 2.24) is 4.98 Å². The summed E-state index contributed by atoms with van der Waals surface area (Å²) in [5.74, 6) is -0.00330. The van der Waals surface area contributed by atoms with E-state index in [0.29, 0.717) is 22.2 Å². The van der Waals surface area contributed by atoms with Crippen molar-refractivity contribution in [3.05, 3.63) is 63.9 Å². The molecule has 2 nitrogen and oxygen atoms in total. The standard InChI is InChI=1S/C13H9Cl2NO/c14-11-3-1-2-9(6-11)7-12(17)10-4-5-13(15)16-8-10/h1-6,8H,7H2. The Bertz CT molecular complexity index is 537. The monoisotopic (exact) mass is 265 g/mol. The molecule has 1 aromatic carbocycles. The lowest BCUT2D eigenvalue weighted by Gasteiger charge is -2.01. The largest absolute Gasteiger partial charge is 0.294 e. The third kappa shape index (κ3) is 3.29. The molecule has 1 heterocycles. The summed E-state index contributed by atoms with van der Waals surface area (Å²) < 4.78 is 0. The maximum atomic E-state index is 11.9. The van der Waals surface area contributed by atoms with Gasteiger partial charge in [0.25, 0.3) is 0 Å². The highest BCUT2D eigenvalue weighted by molar-refractivity contribution is 6.30. The number of Topliss-reactive ketones (excluding diaryl/α,β-unsaturated/α-hetero) is 1. The lowest BCUT2D eigenvalue weighted by Crippen LogP contribution is -2.03. The van der Waals surface area contributed by atoms with Crippen molar-refractivity contribution in [2.24, 2.45) is 0 Å². The Morgan fingerprint density at radius 3 is 2.65 bits per heavy atom. The van der Waals surface area contributed by atoms with E-state index in [9.17, 15) is 4.79 Å². The van der Waals surface area contributed by atoms with Gasteiger partial charge in [-0.1, -0.05) is 35.3 Å². The molecule has 0 saturated heterocycles. The molecule has 0 aliphatic carbocycles. The van der Waals surface area contributed by atoms with Gasteiger partial charge in [0, 0.05) is 23.2 Å². The number of halogens is 2. The first kappa shape index (κ1) is 12.1. The minimum Gasteiger partial charge on any atom is -0.294 e. The Labute approximate surface area is 109 Å². The minimum absolute atomic E-state index is 0.00330. The number of benzene rings is 1. The van der Waals surface area contributed by atoms with Crippen molar-refractivity contribution in [3.63, 3.8) is 0 Å². The zero-order chi connectivity index (χ0) is 12.3. The lowest BCUT2D eigenvalue weighted by atomic mass is 10.0. The number of pyridine rings is 1. The summed E-state index contributed by atoms with van der Waals surface area (Å²) in [4.78, 5) is 15.8. The van der Waals surface area contributed by atoms with Crippen LogP contribution in [0.5, 0.6) is 0 Å². The summed E-state index contributed by atoms with van der Waals surface area (Å²) in [5.41, 5.74) is 1.44. The average Bonchev–Trinajstić information content (AvgIpc) is 2.29. The fraction of sp³-hybridized carbons (Fsp3) is 0.0769. The molecule has 0 unspecified atom stereocenters. The van der Waals surface area contributed by atoms with Gasteiger partial charge >= 0.3 is 0 Å². The molecule has 0 radical (unpaired) electrons. The second kappa shape index (κ2) is 5.30. The van der Waals surface area contributed by atoms with Crippen LogP contribution in [0.2, 0.25) is 10.2 Å². The third-order valence-electron chi connectivity index (χ3n) is 2.30. The molecule has 4 heteroatoms. The number of carbonyl (C=O) groups is 1. The average molecular weight is 266 g/mol. The summed E-state index contributed by atoms with van der Waals surface area (Å²) in [6.07, 6.45) is 1.79. The van der Waals surface area contributed by atoms with Gasteiger partial charge < -0.3 is 0 Å². The van der Waals surface area contributed by atoms with Crippen molar-refractivity contribution in [1.29, 1.82) is 0 Å². The minimum atomic E-state index is -0.00330. The van der Waals surface area contributed by atoms with Gasteiger partial charge in [0.2, 0.25) is 0 Å². The second-order valence-corrected chi connectivity index (χ2v) is 4.42. The van der Waals surface area contributed by atoms with Crippen LogP contribution in [-0.4, -0.2) is 10.8 Å². The van der Waals surface area contributed by atoms with Gasteiger partial charge in [-0.2, -0.15) is 0 Å². The predicted octanol–water partition coefficient (Wildman–Crippen LogP) is 3.81. The van der Waals surface area contributed by atoms with E-state index in [2.05, 4.69) is 4.98 Å². The Hall–Kier alpha value is -1.38. The summed E-state index contributed by atoms with van der Waals surface area (Å²) >= 11 is 11.5. The summed E-state index contributed by atoms with van der Waals surface area (Å²) in [7, 11) is 0. The zero-order valence-electron chi connectivity index (χ0n) is 8.86. The summed E-state index contributed by atoms with van der Waals surface area (Å²) in [5, 5.41) is 1.01. The van der Waals surface area contributed by atoms with E-state index >= 15 is 0 Å². The van der Waals surface area contributed by atoms with Crippen molar-refractivity contribution in [2.75, 3.05) is 0 Å². The smallest absolute Gasteiger partial charge is 0.168 e. The van der Waals surface area contributed by atoms with Gasteiger partial charge in [-0.15, -0.1) is 0 Å². The van der Waals surface area contributed by atoms with Crippen LogP contribution in [0.15, 0.2) is 42.6 Å². The van der Waals surface area contributed by atoms with Crippen LogP contribution in [0.25, 0.3) is 0 Å². The molecule has 17 heavy (non-hydrogen) atoms. The topological polar surface area (TPSA) is 30.0 Å². The number of hydrogen-bond acceptors (Lipinski definition) is 2. The number of aromatic nitrogens is 1.